The summed E-state index contributed by atoms with van der Waals surface area (Å²) in [6.07, 6.45) is 0. The van der Waals surface area contributed by atoms with Crippen molar-refractivity contribution in [2.24, 2.45) is 0 Å². The maximum atomic E-state index is 2.56. The molecule has 0 amide bonds. The molecule has 0 aromatic heterocycles. The molecule has 0 aliphatic rings. The van der Waals surface area contributed by atoms with Crippen LogP contribution < -0.4 is 29.6 Å². The van der Waals surface area contributed by atoms with E-state index in [1.807, 2.05) is 0 Å². The maximum Gasteiger partial charge on any atom is 2.00 e. The predicted molar refractivity (Wildman–Crippen MR) is 36.7 cm³/mol. The summed E-state index contributed by atoms with van der Waals surface area (Å²) in [5, 5.41) is 0. The van der Waals surface area contributed by atoms with E-state index in [0.717, 1.165) is 0 Å². The maximum absolute atomic E-state index is 2.56. The second kappa shape index (κ2) is 25.3. The summed E-state index contributed by atoms with van der Waals surface area (Å²) in [4.78, 5) is 0. The van der Waals surface area contributed by atoms with E-state index in [2.05, 4.69) is 8.79 Å². The first-order chi connectivity index (χ1) is 1.00. The van der Waals surface area contributed by atoms with Gasteiger partial charge in [-0.1, -0.05) is 0 Å². The monoisotopic (exact) mass is 156 g/mol. The predicted octanol–water partition coefficient (Wildman–Crippen LogP) is -4.05. The van der Waals surface area contributed by atoms with Gasteiger partial charge in [0.2, 0.25) is 0 Å². The third-order valence-electron chi connectivity index (χ3n) is 0. The molecule has 1 unspecified atom stereocenters. The summed E-state index contributed by atoms with van der Waals surface area (Å²) in [5.74, 6) is 0. The van der Waals surface area contributed by atoms with Gasteiger partial charge in [0.05, 0.1) is 0 Å². The molecule has 0 aromatic rings. The Morgan fingerprint density at radius 1 is 1.40 bits per heavy atom. The molecule has 0 bridgehead atoms. The summed E-state index contributed by atoms with van der Waals surface area (Å²) >= 11 is 0. The zero-order chi connectivity index (χ0) is 2.00. The fourth-order valence-electron chi connectivity index (χ4n) is 0. The molecule has 0 aliphatic carbocycles. The third-order valence-corrected chi connectivity index (χ3v) is 0. The van der Waals surface area contributed by atoms with Crippen LogP contribution in [0.1, 0.15) is 7.13 Å². The molecule has 0 rings (SSSR count). The largest absolute Gasteiger partial charge is 2.00 e. The van der Waals surface area contributed by atoms with Crippen LogP contribution in [-0.2, 0) is 0 Å². The minimum atomic E-state index is 0. The van der Waals surface area contributed by atoms with E-state index in [0.29, 0.717) is 0 Å². The van der Waals surface area contributed by atoms with Crippen LogP contribution >= 0.6 is 8.79 Å². The first-order valence-electron chi connectivity index (χ1n) is 0.577. The van der Waals surface area contributed by atoms with Crippen molar-refractivity contribution in [1.29, 1.82) is 0 Å². The quantitative estimate of drug-likeness (QED) is 0.247. The normalized spacial score (nSPS) is 1.80. The van der Waals surface area contributed by atoms with Crippen molar-refractivity contribution >= 4 is 79.5 Å². The van der Waals surface area contributed by atoms with Gasteiger partial charge in [-0.3, -0.25) is 0 Å². The van der Waals surface area contributed by atoms with Gasteiger partial charge in [0.15, 0.2) is 0 Å². The van der Waals surface area contributed by atoms with E-state index < -0.39 is 0 Å². The summed E-state index contributed by atoms with van der Waals surface area (Å²) < 4.78 is 0. The van der Waals surface area contributed by atoms with Crippen LogP contribution in [0, 0.1) is 0 Å². The van der Waals surface area contributed by atoms with E-state index in [9.17, 15) is 0 Å². The standard InChI is InChI=1S/Ca.Mg.Na.H5PSi.5H/c;;;1-2;;;;;/h;;;1H2,2H3;;;;;/q2*+2;+1;;5*-1. The molecule has 24 valence electrons. The number of hydrogen-bond donors (Lipinski definition) is 0. The van der Waals surface area contributed by atoms with Gasteiger partial charge in [0, 0.05) is 9.91 Å². The summed E-state index contributed by atoms with van der Waals surface area (Å²) in [6.45, 7) is 0. The summed E-state index contributed by atoms with van der Waals surface area (Å²) in [7, 11) is 3.78. The van der Waals surface area contributed by atoms with Crippen LogP contribution in [-0.4, -0.2) is 70.7 Å². The zero-order valence-corrected chi connectivity index (χ0v) is 12.8. The van der Waals surface area contributed by atoms with Crippen LogP contribution in [0.3, 0.4) is 0 Å². The molecule has 0 heterocycles. The average molecular weight is 157 g/mol. The van der Waals surface area contributed by atoms with Crippen LogP contribution in [0.2, 0.25) is 0 Å². The first-order valence-corrected chi connectivity index (χ1v) is 5.20. The van der Waals surface area contributed by atoms with Gasteiger partial charge in [-0.05, 0) is 0 Å². The minimum absolute atomic E-state index is 0. The van der Waals surface area contributed by atoms with Gasteiger partial charge in [0.1, 0.15) is 0 Å². The van der Waals surface area contributed by atoms with E-state index in [1.165, 1.54) is 9.91 Å². The Morgan fingerprint density at radius 2 is 1.40 bits per heavy atom. The van der Waals surface area contributed by atoms with E-state index >= 15 is 0 Å². The number of hydrogen-bond acceptors (Lipinski definition) is 0. The van der Waals surface area contributed by atoms with E-state index in [-0.39, 0.29) is 97.5 Å². The Morgan fingerprint density at radius 3 is 1.40 bits per heavy atom. The minimum Gasteiger partial charge on any atom is -1.00 e. The van der Waals surface area contributed by atoms with Gasteiger partial charge in [-0.25, -0.2) is 0 Å². The Bertz CT molecular complexity index is 21.6. The molecular formula is H10CaMgNaPSi. The molecule has 0 saturated heterocycles. The second-order valence-electron chi connectivity index (χ2n) is 0. The van der Waals surface area contributed by atoms with Crippen LogP contribution in [0.5, 0.6) is 0 Å². The number of rotatable bonds is 0. The van der Waals surface area contributed by atoms with E-state index in [4.69, 9.17) is 0 Å². The molecular weight excluding hydrogens is 146 g/mol. The molecule has 0 aliphatic heterocycles. The van der Waals surface area contributed by atoms with Crippen molar-refractivity contribution in [3.8, 4) is 0 Å². The van der Waals surface area contributed by atoms with Gasteiger partial charge in [-0.15, -0.1) is 0 Å². The Labute approximate surface area is 114 Å². The Hall–Kier alpha value is 3.67. The molecule has 0 aromatic carbocycles. The second-order valence-corrected chi connectivity index (χ2v) is 0. The van der Waals surface area contributed by atoms with Crippen molar-refractivity contribution in [3.05, 3.63) is 0 Å². The molecule has 0 fully saturated rings. The van der Waals surface area contributed by atoms with Crippen molar-refractivity contribution in [2.45, 2.75) is 0 Å². The molecule has 0 radical (unpaired) electrons. The van der Waals surface area contributed by atoms with Crippen LogP contribution in [0.4, 0.5) is 0 Å². The molecule has 0 saturated carbocycles. The molecule has 5 heavy (non-hydrogen) atoms. The van der Waals surface area contributed by atoms with Gasteiger partial charge in [0.25, 0.3) is 0 Å². The molecule has 5 heteroatoms. The average Bonchev–Trinajstić information content (AvgIpc) is 1.00. The van der Waals surface area contributed by atoms with Crippen LogP contribution in [0.25, 0.3) is 0 Å². The molecule has 0 nitrogen and oxygen atoms in total. The zero-order valence-electron chi connectivity index (χ0n) is 8.99. The smallest absolute Gasteiger partial charge is 1.00 e. The Balaban J connectivity index is -0.000000000179. The fraction of sp³-hybridized carbons (Fsp3) is 0. The van der Waals surface area contributed by atoms with Gasteiger partial charge < -0.3 is 7.13 Å². The Kier molecular flexibility index (Phi) is 118. The first kappa shape index (κ1) is 23.4. The fourth-order valence-corrected chi connectivity index (χ4v) is 0. The molecule has 0 N–H and O–H groups in total. The summed E-state index contributed by atoms with van der Waals surface area (Å²) in [6, 6.07) is 0. The van der Waals surface area contributed by atoms with Crippen molar-refractivity contribution in [2.75, 3.05) is 0 Å². The topological polar surface area (TPSA) is 0 Å². The summed E-state index contributed by atoms with van der Waals surface area (Å²) in [5.41, 5.74) is 0. The van der Waals surface area contributed by atoms with Crippen molar-refractivity contribution in [3.63, 3.8) is 0 Å². The van der Waals surface area contributed by atoms with Crippen LogP contribution in [0.15, 0.2) is 0 Å². The van der Waals surface area contributed by atoms with Gasteiger partial charge in [-0.2, -0.15) is 8.79 Å². The molecule has 0 spiro atoms. The molecule has 1 atom stereocenters. The van der Waals surface area contributed by atoms with Gasteiger partial charge >= 0.3 is 90.3 Å². The SMILES string of the molecule is [Ca+2].[H-].[H-].[H-].[H-].[H-].[Mg+2].[Na+].[SiH3]P. The van der Waals surface area contributed by atoms with E-state index in [1.54, 1.807) is 0 Å². The van der Waals surface area contributed by atoms with Crippen molar-refractivity contribution < 1.29 is 36.7 Å². The van der Waals surface area contributed by atoms with Crippen molar-refractivity contribution in [1.82, 2.24) is 0 Å². The third kappa shape index (κ3) is 18.3.